The Morgan fingerprint density at radius 3 is 2.48 bits per heavy atom. The molecule has 120 valence electrons. The van der Waals surface area contributed by atoms with E-state index in [1.165, 1.54) is 44.6 Å². The zero-order chi connectivity index (χ0) is 15.5. The van der Waals surface area contributed by atoms with Crippen LogP contribution in [0.5, 0.6) is 0 Å². The number of likely N-dealkylation sites (N-methyl/N-ethyl adjacent to an activating group) is 1. The summed E-state index contributed by atoms with van der Waals surface area (Å²) in [6, 6.07) is 5.25. The molecule has 0 bridgehead atoms. The molecule has 0 aliphatic rings. The van der Waals surface area contributed by atoms with Gasteiger partial charge in [0.05, 0.1) is 0 Å². The molecule has 1 atom stereocenters. The molecule has 0 aliphatic heterocycles. The van der Waals surface area contributed by atoms with Gasteiger partial charge in [-0.3, -0.25) is 0 Å². The second-order valence-corrected chi connectivity index (χ2v) is 6.12. The number of nitrogens with one attached hydrogen (secondary N) is 1. The first-order chi connectivity index (χ1) is 10.2. The van der Waals surface area contributed by atoms with Gasteiger partial charge in [-0.15, -0.1) is 0 Å². The molecule has 0 aliphatic carbocycles. The molecule has 1 aromatic rings. The van der Waals surface area contributed by atoms with E-state index < -0.39 is 0 Å². The third-order valence-corrected chi connectivity index (χ3v) is 4.27. The molecule has 0 fully saturated rings. The van der Waals surface area contributed by atoms with E-state index in [1.54, 1.807) is 12.1 Å². The van der Waals surface area contributed by atoms with Crippen LogP contribution < -0.4 is 5.32 Å². The van der Waals surface area contributed by atoms with Crippen LogP contribution in [-0.4, -0.2) is 12.6 Å². The van der Waals surface area contributed by atoms with Crippen LogP contribution in [-0.2, 0) is 6.42 Å². The molecule has 1 aromatic carbocycles. The van der Waals surface area contributed by atoms with Gasteiger partial charge in [-0.2, -0.15) is 0 Å². The highest BCUT2D eigenvalue weighted by molar-refractivity contribution is 6.31. The third kappa shape index (κ3) is 7.28. The Labute approximate surface area is 134 Å². The van der Waals surface area contributed by atoms with E-state index in [1.807, 2.05) is 0 Å². The number of hydrogen-bond acceptors (Lipinski definition) is 1. The number of benzene rings is 1. The van der Waals surface area contributed by atoms with Crippen molar-refractivity contribution < 1.29 is 4.39 Å². The highest BCUT2D eigenvalue weighted by atomic mass is 35.5. The van der Waals surface area contributed by atoms with Crippen molar-refractivity contribution in [3.05, 3.63) is 34.6 Å². The smallest absolute Gasteiger partial charge is 0.127 e. The maximum atomic E-state index is 13.9. The van der Waals surface area contributed by atoms with Gasteiger partial charge in [0.15, 0.2) is 0 Å². The highest BCUT2D eigenvalue weighted by Crippen LogP contribution is 2.22. The zero-order valence-electron chi connectivity index (χ0n) is 13.4. The molecule has 0 aromatic heterocycles. The molecule has 0 radical (unpaired) electrons. The largest absolute Gasteiger partial charge is 0.314 e. The molecule has 0 amide bonds. The predicted molar refractivity (Wildman–Crippen MR) is 90.6 cm³/mol. The molecule has 1 rings (SSSR count). The normalized spacial score (nSPS) is 12.6. The molecule has 0 saturated carbocycles. The summed E-state index contributed by atoms with van der Waals surface area (Å²) in [5.74, 6) is -0.187. The van der Waals surface area contributed by atoms with Gasteiger partial charge in [-0.1, -0.05) is 70.0 Å². The lowest BCUT2D eigenvalue weighted by atomic mass is 9.99. The second-order valence-electron chi connectivity index (χ2n) is 5.72. The molecule has 0 spiro atoms. The molecular formula is C18H29ClFN. The van der Waals surface area contributed by atoms with Crippen molar-refractivity contribution in [3.63, 3.8) is 0 Å². The monoisotopic (exact) mass is 313 g/mol. The number of rotatable bonds is 11. The van der Waals surface area contributed by atoms with Gasteiger partial charge in [0, 0.05) is 16.6 Å². The standard InChI is InChI=1S/C18H29ClFN/c1-3-5-6-7-8-9-11-15(21-4-2)14-16-17(19)12-10-13-18(16)20/h10,12-13,15,21H,3-9,11,14H2,1-2H3. The van der Waals surface area contributed by atoms with Crippen LogP contribution in [0.2, 0.25) is 5.02 Å². The average Bonchev–Trinajstić information content (AvgIpc) is 2.46. The fourth-order valence-electron chi connectivity index (χ4n) is 2.71. The summed E-state index contributed by atoms with van der Waals surface area (Å²) in [6.45, 7) is 5.24. The van der Waals surface area contributed by atoms with E-state index in [0.29, 0.717) is 23.0 Å². The summed E-state index contributed by atoms with van der Waals surface area (Å²) in [5, 5.41) is 4.00. The average molecular weight is 314 g/mol. The fraction of sp³-hybridized carbons (Fsp3) is 0.667. The minimum Gasteiger partial charge on any atom is -0.314 e. The third-order valence-electron chi connectivity index (χ3n) is 3.91. The minimum atomic E-state index is -0.187. The van der Waals surface area contributed by atoms with E-state index in [9.17, 15) is 4.39 Å². The number of halogens is 2. The molecule has 3 heteroatoms. The molecule has 0 heterocycles. The SMILES string of the molecule is CCCCCCCCC(Cc1c(F)cccc1Cl)NCC. The highest BCUT2D eigenvalue weighted by Gasteiger charge is 2.14. The molecular weight excluding hydrogens is 285 g/mol. The Morgan fingerprint density at radius 1 is 1.10 bits per heavy atom. The van der Waals surface area contributed by atoms with Gasteiger partial charge in [0.1, 0.15) is 5.82 Å². The lowest BCUT2D eigenvalue weighted by Crippen LogP contribution is -2.31. The van der Waals surface area contributed by atoms with E-state index >= 15 is 0 Å². The predicted octanol–water partition coefficient (Wildman–Crippen LogP) is 5.75. The van der Waals surface area contributed by atoms with Crippen molar-refractivity contribution in [2.75, 3.05) is 6.54 Å². The Morgan fingerprint density at radius 2 is 1.81 bits per heavy atom. The first-order valence-electron chi connectivity index (χ1n) is 8.35. The summed E-state index contributed by atoms with van der Waals surface area (Å²) in [6.07, 6.45) is 9.50. The van der Waals surface area contributed by atoms with E-state index in [-0.39, 0.29) is 5.82 Å². The lowest BCUT2D eigenvalue weighted by molar-refractivity contribution is 0.452. The Bertz CT molecular complexity index is 375. The summed E-state index contributed by atoms with van der Waals surface area (Å²) < 4.78 is 13.9. The van der Waals surface area contributed by atoms with Crippen LogP contribution in [0.4, 0.5) is 4.39 Å². The molecule has 1 N–H and O–H groups in total. The molecule has 1 nitrogen and oxygen atoms in total. The van der Waals surface area contributed by atoms with Crippen molar-refractivity contribution in [1.29, 1.82) is 0 Å². The topological polar surface area (TPSA) is 12.0 Å². The summed E-state index contributed by atoms with van der Waals surface area (Å²) in [5.41, 5.74) is 0.649. The lowest BCUT2D eigenvalue weighted by Gasteiger charge is -2.19. The first kappa shape index (κ1) is 18.4. The van der Waals surface area contributed by atoms with Gasteiger partial charge in [-0.25, -0.2) is 4.39 Å². The molecule has 21 heavy (non-hydrogen) atoms. The van der Waals surface area contributed by atoms with E-state index in [4.69, 9.17) is 11.6 Å². The maximum Gasteiger partial charge on any atom is 0.127 e. The Hall–Kier alpha value is -0.600. The van der Waals surface area contributed by atoms with Crippen molar-refractivity contribution >= 4 is 11.6 Å². The first-order valence-corrected chi connectivity index (χ1v) is 8.73. The zero-order valence-corrected chi connectivity index (χ0v) is 14.2. The van der Waals surface area contributed by atoms with E-state index in [2.05, 4.69) is 19.2 Å². The van der Waals surface area contributed by atoms with Gasteiger partial charge in [-0.05, 0) is 31.5 Å². The van der Waals surface area contributed by atoms with Gasteiger partial charge < -0.3 is 5.32 Å². The van der Waals surface area contributed by atoms with Crippen molar-refractivity contribution in [2.24, 2.45) is 0 Å². The van der Waals surface area contributed by atoms with Crippen LogP contribution in [0.1, 0.15) is 64.4 Å². The van der Waals surface area contributed by atoms with Gasteiger partial charge >= 0.3 is 0 Å². The summed E-state index contributed by atoms with van der Waals surface area (Å²) in [7, 11) is 0. The van der Waals surface area contributed by atoms with Crippen LogP contribution in [0.25, 0.3) is 0 Å². The summed E-state index contributed by atoms with van der Waals surface area (Å²) in [4.78, 5) is 0. The van der Waals surface area contributed by atoms with E-state index in [0.717, 1.165) is 13.0 Å². The quantitative estimate of drug-likeness (QED) is 0.513. The number of hydrogen-bond donors (Lipinski definition) is 1. The van der Waals surface area contributed by atoms with Crippen molar-refractivity contribution in [2.45, 2.75) is 71.3 Å². The fourth-order valence-corrected chi connectivity index (χ4v) is 2.95. The van der Waals surface area contributed by atoms with Crippen LogP contribution >= 0.6 is 11.6 Å². The van der Waals surface area contributed by atoms with Gasteiger partial charge in [0.25, 0.3) is 0 Å². The van der Waals surface area contributed by atoms with Crippen molar-refractivity contribution in [1.82, 2.24) is 5.32 Å². The Kier molecular flexibility index (Phi) is 9.69. The van der Waals surface area contributed by atoms with Gasteiger partial charge in [0.2, 0.25) is 0 Å². The van der Waals surface area contributed by atoms with Crippen LogP contribution in [0.15, 0.2) is 18.2 Å². The van der Waals surface area contributed by atoms with Crippen molar-refractivity contribution in [3.8, 4) is 0 Å². The maximum absolute atomic E-state index is 13.9. The molecule has 0 saturated heterocycles. The number of unbranched alkanes of at least 4 members (excludes halogenated alkanes) is 5. The van der Waals surface area contributed by atoms with Crippen LogP contribution in [0.3, 0.4) is 0 Å². The second kappa shape index (κ2) is 11.0. The minimum absolute atomic E-state index is 0.187. The molecule has 1 unspecified atom stereocenters. The Balaban J connectivity index is 2.42. The van der Waals surface area contributed by atoms with Crippen LogP contribution in [0, 0.1) is 5.82 Å². The summed E-state index contributed by atoms with van der Waals surface area (Å²) >= 11 is 6.12.